The minimum Gasteiger partial charge on any atom is -0.495 e. The third-order valence-electron chi connectivity index (χ3n) is 5.17. The molecule has 1 aliphatic heterocycles. The van der Waals surface area contributed by atoms with Crippen molar-refractivity contribution in [3.05, 3.63) is 52.8 Å². The van der Waals surface area contributed by atoms with Crippen molar-refractivity contribution in [1.82, 2.24) is 14.3 Å². The molecule has 0 bridgehead atoms. The van der Waals surface area contributed by atoms with Crippen LogP contribution in [0.15, 0.2) is 52.5 Å². The van der Waals surface area contributed by atoms with Crippen molar-refractivity contribution in [3.63, 3.8) is 0 Å². The summed E-state index contributed by atoms with van der Waals surface area (Å²) in [6.07, 6.45) is -0.0201. The van der Waals surface area contributed by atoms with Crippen molar-refractivity contribution in [2.24, 2.45) is 12.1 Å². The number of nitrogens with zero attached hydrogens (tertiary/aromatic N) is 3. The Morgan fingerprint density at radius 3 is 2.69 bits per heavy atom. The van der Waals surface area contributed by atoms with Gasteiger partial charge in [-0.3, -0.25) is 4.79 Å². The summed E-state index contributed by atoms with van der Waals surface area (Å²) in [6.45, 7) is 1.25. The summed E-state index contributed by atoms with van der Waals surface area (Å²) in [4.78, 5) is 13.2. The maximum Gasteiger partial charge on any atom is 0.246 e. The van der Waals surface area contributed by atoms with E-state index in [1.165, 1.54) is 28.8 Å². The first-order valence-corrected chi connectivity index (χ1v) is 12.3. The number of para-hydroxylation sites is 1. The van der Waals surface area contributed by atoms with Crippen molar-refractivity contribution < 1.29 is 22.7 Å². The summed E-state index contributed by atoms with van der Waals surface area (Å²) >= 11 is 1.47. The first-order valence-electron chi connectivity index (χ1n) is 10.0. The van der Waals surface area contributed by atoms with Gasteiger partial charge in [0.15, 0.2) is 0 Å². The highest BCUT2D eigenvalue weighted by atomic mass is 32.2. The number of nitrogens with one attached hydrogen (secondary N) is 1. The molecule has 1 aromatic heterocycles. The molecule has 0 spiro atoms. The molecular formula is C21H24N4O5S2. The van der Waals surface area contributed by atoms with Gasteiger partial charge >= 0.3 is 0 Å². The van der Waals surface area contributed by atoms with Gasteiger partial charge in [0.25, 0.3) is 0 Å². The van der Waals surface area contributed by atoms with Gasteiger partial charge in [-0.25, -0.2) is 13.8 Å². The lowest BCUT2D eigenvalue weighted by molar-refractivity contribution is -0.120. The fraction of sp³-hybridized carbons (Fsp3) is 0.333. The molecule has 0 saturated carbocycles. The van der Waals surface area contributed by atoms with Gasteiger partial charge in [0.1, 0.15) is 10.6 Å². The number of ether oxygens (including phenoxy) is 2. The van der Waals surface area contributed by atoms with Gasteiger partial charge < -0.3 is 14.0 Å². The van der Waals surface area contributed by atoms with Gasteiger partial charge in [0, 0.05) is 20.1 Å². The Kier molecular flexibility index (Phi) is 6.60. The van der Waals surface area contributed by atoms with Crippen LogP contribution < -0.4 is 15.0 Å². The molecule has 1 saturated heterocycles. The van der Waals surface area contributed by atoms with E-state index in [2.05, 4.69) is 10.5 Å². The molecule has 0 aliphatic carbocycles. The normalized spacial score (nSPS) is 15.8. The average Bonchev–Trinajstić information content (AvgIpc) is 3.14. The number of hydrogen-bond acceptors (Lipinski definition) is 7. The van der Waals surface area contributed by atoms with Crippen LogP contribution in [0.5, 0.6) is 5.75 Å². The average molecular weight is 477 g/mol. The first kappa shape index (κ1) is 22.5. The summed E-state index contributed by atoms with van der Waals surface area (Å²) < 4.78 is 41.1. The van der Waals surface area contributed by atoms with Crippen molar-refractivity contribution in [3.8, 4) is 5.75 Å². The van der Waals surface area contributed by atoms with Gasteiger partial charge in [-0.1, -0.05) is 29.5 Å². The maximum absolute atomic E-state index is 13.1. The van der Waals surface area contributed by atoms with E-state index in [9.17, 15) is 13.2 Å². The van der Waals surface area contributed by atoms with Crippen molar-refractivity contribution in [1.29, 1.82) is 0 Å². The Labute approximate surface area is 189 Å². The van der Waals surface area contributed by atoms with E-state index < -0.39 is 10.0 Å². The third-order valence-corrected chi connectivity index (χ3v) is 8.20. The van der Waals surface area contributed by atoms with Crippen molar-refractivity contribution in [2.75, 3.05) is 33.4 Å². The highest BCUT2D eigenvalue weighted by molar-refractivity contribution is 7.89. The minimum absolute atomic E-state index is 0.0201. The molecule has 0 radical (unpaired) electrons. The van der Waals surface area contributed by atoms with Crippen LogP contribution in [-0.4, -0.2) is 56.6 Å². The molecule has 1 fully saturated rings. The van der Waals surface area contributed by atoms with E-state index >= 15 is 0 Å². The number of sulfonamides is 1. The molecule has 3 aromatic rings. The Hall–Kier alpha value is -2.73. The lowest BCUT2D eigenvalue weighted by atomic mass is 10.1. The molecule has 1 N–H and O–H groups in total. The second-order valence-electron chi connectivity index (χ2n) is 7.24. The Bertz CT molecular complexity index is 1310. The lowest BCUT2D eigenvalue weighted by Gasteiger charge is -2.26. The van der Waals surface area contributed by atoms with Crippen LogP contribution in [0.3, 0.4) is 0 Å². The predicted octanol–water partition coefficient (Wildman–Crippen LogP) is 1.44. The molecular weight excluding hydrogens is 452 g/mol. The number of rotatable bonds is 6. The number of fused-ring (bicyclic) bond motifs is 1. The number of hydrogen-bond donors (Lipinski definition) is 1. The summed E-state index contributed by atoms with van der Waals surface area (Å²) in [5.41, 5.74) is 4.14. The SMILES string of the molecule is COc1ccc(CC(=O)N/N=c2\sc3ccccc3n2C)cc1S(=O)(=O)N1CCOCC1. The summed E-state index contributed by atoms with van der Waals surface area (Å²) in [6, 6.07) is 12.6. The summed E-state index contributed by atoms with van der Waals surface area (Å²) in [5, 5.41) is 4.23. The van der Waals surface area contributed by atoms with E-state index in [0.717, 1.165) is 10.2 Å². The zero-order valence-electron chi connectivity index (χ0n) is 17.8. The van der Waals surface area contributed by atoms with E-state index in [1.54, 1.807) is 12.1 Å². The number of benzene rings is 2. The molecule has 9 nitrogen and oxygen atoms in total. The molecule has 1 aliphatic rings. The van der Waals surface area contributed by atoms with Crippen LogP contribution in [0.2, 0.25) is 0 Å². The molecule has 2 aromatic carbocycles. The zero-order chi connectivity index (χ0) is 22.7. The van der Waals surface area contributed by atoms with Crippen LogP contribution in [0.1, 0.15) is 5.56 Å². The fourth-order valence-electron chi connectivity index (χ4n) is 3.48. The summed E-state index contributed by atoms with van der Waals surface area (Å²) in [5.74, 6) is -0.106. The largest absolute Gasteiger partial charge is 0.495 e. The van der Waals surface area contributed by atoms with Crippen LogP contribution >= 0.6 is 11.3 Å². The van der Waals surface area contributed by atoms with Crippen LogP contribution in [0.4, 0.5) is 0 Å². The Morgan fingerprint density at radius 2 is 1.97 bits per heavy atom. The monoisotopic (exact) mass is 476 g/mol. The fourth-order valence-corrected chi connectivity index (χ4v) is 6.08. The number of methoxy groups -OCH3 is 1. The molecule has 2 heterocycles. The van der Waals surface area contributed by atoms with Crippen LogP contribution in [-0.2, 0) is 33.0 Å². The minimum atomic E-state index is -3.77. The van der Waals surface area contributed by atoms with Crippen molar-refractivity contribution >= 4 is 37.5 Å². The zero-order valence-corrected chi connectivity index (χ0v) is 19.4. The number of thiazole rings is 1. The van der Waals surface area contributed by atoms with Crippen LogP contribution in [0.25, 0.3) is 10.2 Å². The second-order valence-corrected chi connectivity index (χ2v) is 10.2. The standard InChI is InChI=1S/C21H24N4O5S2/c1-24-16-5-3-4-6-18(16)31-21(24)23-22-20(26)14-15-7-8-17(29-2)19(13-15)32(27,28)25-9-11-30-12-10-25/h3-8,13H,9-12,14H2,1-2H3,(H,22,26)/b23-21-. The number of aryl methyl sites for hydroxylation is 1. The van der Waals surface area contributed by atoms with E-state index in [1.807, 2.05) is 35.9 Å². The topological polar surface area (TPSA) is 102 Å². The van der Waals surface area contributed by atoms with Crippen LogP contribution in [0, 0.1) is 0 Å². The van der Waals surface area contributed by atoms with E-state index in [-0.39, 0.29) is 36.1 Å². The quantitative estimate of drug-likeness (QED) is 0.543. The predicted molar refractivity (Wildman–Crippen MR) is 121 cm³/mol. The second kappa shape index (κ2) is 9.41. The van der Waals surface area contributed by atoms with E-state index in [4.69, 9.17) is 9.47 Å². The van der Waals surface area contributed by atoms with Gasteiger partial charge in [-0.2, -0.15) is 4.31 Å². The molecule has 170 valence electrons. The smallest absolute Gasteiger partial charge is 0.246 e. The lowest BCUT2D eigenvalue weighted by Crippen LogP contribution is -2.40. The van der Waals surface area contributed by atoms with Gasteiger partial charge in [-0.05, 0) is 29.8 Å². The molecule has 4 rings (SSSR count). The number of carbonyl (C=O) groups excluding carboxylic acids is 1. The third kappa shape index (κ3) is 4.56. The van der Waals surface area contributed by atoms with Crippen molar-refractivity contribution in [2.45, 2.75) is 11.3 Å². The van der Waals surface area contributed by atoms with Gasteiger partial charge in [-0.15, -0.1) is 5.10 Å². The Morgan fingerprint density at radius 1 is 1.22 bits per heavy atom. The summed E-state index contributed by atoms with van der Waals surface area (Å²) in [7, 11) is -0.462. The van der Waals surface area contributed by atoms with Gasteiger partial charge in [0.2, 0.25) is 20.7 Å². The number of amides is 1. The van der Waals surface area contributed by atoms with Gasteiger partial charge in [0.05, 0.1) is 37.0 Å². The van der Waals surface area contributed by atoms with E-state index in [0.29, 0.717) is 23.6 Å². The number of aromatic nitrogens is 1. The maximum atomic E-state index is 13.1. The number of carbonyl (C=O) groups is 1. The molecule has 0 unspecified atom stereocenters. The highest BCUT2D eigenvalue weighted by Gasteiger charge is 2.29. The molecule has 32 heavy (non-hydrogen) atoms. The number of morpholine rings is 1. The highest BCUT2D eigenvalue weighted by Crippen LogP contribution is 2.28. The molecule has 0 atom stereocenters. The molecule has 1 amide bonds. The molecule has 11 heteroatoms. The first-order chi connectivity index (χ1) is 15.4. The Balaban J connectivity index is 1.54.